The van der Waals surface area contributed by atoms with Gasteiger partial charge < -0.3 is 9.64 Å². The largest absolute Gasteiger partial charge is 0.379 e. The fourth-order valence-electron chi connectivity index (χ4n) is 3.01. The highest BCUT2D eigenvalue weighted by Crippen LogP contribution is 2.21. The Labute approximate surface area is 139 Å². The van der Waals surface area contributed by atoms with Crippen LogP contribution in [-0.4, -0.2) is 54.1 Å². The molecule has 0 spiro atoms. The Morgan fingerprint density at radius 2 is 2.00 bits per heavy atom. The molecule has 126 valence electrons. The van der Waals surface area contributed by atoms with E-state index in [9.17, 15) is 4.79 Å². The smallest absolute Gasteiger partial charge is 0.243 e. The Bertz CT molecular complexity index is 548. The van der Waals surface area contributed by atoms with Crippen molar-refractivity contribution in [2.24, 2.45) is 0 Å². The number of hydrogen-bond donors (Lipinski definition) is 0. The van der Waals surface area contributed by atoms with Crippen molar-refractivity contribution in [1.29, 1.82) is 0 Å². The standard InChI is InChI=1S/C19H28N2O2/c1-5-10-20(15-17-9-7-6-8-16(17)2)18(22)19(3,4)21-11-13-23-14-12-21/h5-9H,1,10-15H2,2-4H3. The van der Waals surface area contributed by atoms with Gasteiger partial charge in [-0.3, -0.25) is 9.69 Å². The number of morpholine rings is 1. The molecule has 1 heterocycles. The molecular formula is C19H28N2O2. The van der Waals surface area contributed by atoms with E-state index in [0.29, 0.717) is 26.3 Å². The quantitative estimate of drug-likeness (QED) is 0.756. The molecule has 0 bridgehead atoms. The second-order valence-corrected chi connectivity index (χ2v) is 6.56. The lowest BCUT2D eigenvalue weighted by Gasteiger charge is -2.42. The van der Waals surface area contributed by atoms with Gasteiger partial charge in [0, 0.05) is 26.2 Å². The maximum atomic E-state index is 13.2. The Kier molecular flexibility index (Phi) is 5.97. The summed E-state index contributed by atoms with van der Waals surface area (Å²) in [4.78, 5) is 17.3. The average Bonchev–Trinajstić information content (AvgIpc) is 2.56. The van der Waals surface area contributed by atoms with Gasteiger partial charge in [-0.2, -0.15) is 0 Å². The predicted octanol–water partition coefficient (Wildman–Crippen LogP) is 2.62. The zero-order chi connectivity index (χ0) is 16.9. The van der Waals surface area contributed by atoms with Crippen molar-refractivity contribution < 1.29 is 9.53 Å². The van der Waals surface area contributed by atoms with Crippen LogP contribution < -0.4 is 0 Å². The summed E-state index contributed by atoms with van der Waals surface area (Å²) in [6.45, 7) is 14.1. The molecule has 1 saturated heterocycles. The van der Waals surface area contributed by atoms with E-state index in [4.69, 9.17) is 4.74 Å². The van der Waals surface area contributed by atoms with Crippen LogP contribution in [0, 0.1) is 6.92 Å². The van der Waals surface area contributed by atoms with Crippen molar-refractivity contribution in [3.8, 4) is 0 Å². The van der Waals surface area contributed by atoms with Crippen LogP contribution in [0.5, 0.6) is 0 Å². The monoisotopic (exact) mass is 316 g/mol. The maximum Gasteiger partial charge on any atom is 0.243 e. The van der Waals surface area contributed by atoms with Gasteiger partial charge in [0.05, 0.1) is 18.8 Å². The fourth-order valence-corrected chi connectivity index (χ4v) is 3.01. The molecular weight excluding hydrogens is 288 g/mol. The van der Waals surface area contributed by atoms with Gasteiger partial charge in [-0.15, -0.1) is 6.58 Å². The summed E-state index contributed by atoms with van der Waals surface area (Å²) in [5, 5.41) is 0. The number of benzene rings is 1. The highest BCUT2D eigenvalue weighted by molar-refractivity contribution is 5.85. The zero-order valence-corrected chi connectivity index (χ0v) is 14.5. The molecule has 0 radical (unpaired) electrons. The van der Waals surface area contributed by atoms with E-state index in [-0.39, 0.29) is 5.91 Å². The third-order valence-electron chi connectivity index (χ3n) is 4.58. The summed E-state index contributed by atoms with van der Waals surface area (Å²) in [6, 6.07) is 8.21. The average molecular weight is 316 g/mol. The SMILES string of the molecule is C=CCN(Cc1ccccc1C)C(=O)C(C)(C)N1CCOCC1. The molecule has 0 saturated carbocycles. The molecule has 1 aromatic rings. The summed E-state index contributed by atoms with van der Waals surface area (Å²) in [7, 11) is 0. The maximum absolute atomic E-state index is 13.2. The van der Waals surface area contributed by atoms with Crippen LogP contribution in [0.2, 0.25) is 0 Å². The van der Waals surface area contributed by atoms with Crippen molar-refractivity contribution in [2.45, 2.75) is 32.9 Å². The lowest BCUT2D eigenvalue weighted by atomic mass is 9.99. The van der Waals surface area contributed by atoms with E-state index in [1.54, 1.807) is 6.08 Å². The van der Waals surface area contributed by atoms with Gasteiger partial charge in [0.2, 0.25) is 5.91 Å². The van der Waals surface area contributed by atoms with Gasteiger partial charge in [0.25, 0.3) is 0 Å². The highest BCUT2D eigenvalue weighted by Gasteiger charge is 2.38. The first-order valence-corrected chi connectivity index (χ1v) is 8.24. The third kappa shape index (κ3) is 4.21. The van der Waals surface area contributed by atoms with E-state index in [0.717, 1.165) is 13.1 Å². The fraction of sp³-hybridized carbons (Fsp3) is 0.526. The molecule has 1 fully saturated rings. The molecule has 0 atom stereocenters. The number of nitrogens with zero attached hydrogens (tertiary/aromatic N) is 2. The van der Waals surface area contributed by atoms with Gasteiger partial charge in [-0.05, 0) is 31.9 Å². The molecule has 0 aliphatic carbocycles. The van der Waals surface area contributed by atoms with E-state index >= 15 is 0 Å². The Hall–Kier alpha value is -1.65. The Balaban J connectivity index is 2.17. The van der Waals surface area contributed by atoms with Crippen LogP contribution >= 0.6 is 0 Å². The molecule has 4 nitrogen and oxygen atoms in total. The molecule has 2 rings (SSSR count). The van der Waals surface area contributed by atoms with Crippen LogP contribution in [0.4, 0.5) is 0 Å². The summed E-state index contributed by atoms with van der Waals surface area (Å²) in [5.74, 6) is 0.141. The predicted molar refractivity (Wildman–Crippen MR) is 93.3 cm³/mol. The van der Waals surface area contributed by atoms with Crippen LogP contribution in [0.3, 0.4) is 0 Å². The van der Waals surface area contributed by atoms with E-state index in [2.05, 4.69) is 30.5 Å². The lowest BCUT2D eigenvalue weighted by molar-refractivity contribution is -0.145. The summed E-state index contributed by atoms with van der Waals surface area (Å²) in [5.41, 5.74) is 1.86. The first-order valence-electron chi connectivity index (χ1n) is 8.24. The van der Waals surface area contributed by atoms with E-state index < -0.39 is 5.54 Å². The molecule has 1 aliphatic rings. The zero-order valence-electron chi connectivity index (χ0n) is 14.5. The van der Waals surface area contributed by atoms with Crippen molar-refractivity contribution in [3.63, 3.8) is 0 Å². The number of aryl methyl sites for hydroxylation is 1. The van der Waals surface area contributed by atoms with Crippen LogP contribution in [-0.2, 0) is 16.1 Å². The number of carbonyl (C=O) groups excluding carboxylic acids is 1. The molecule has 1 amide bonds. The van der Waals surface area contributed by atoms with Gasteiger partial charge in [0.1, 0.15) is 0 Å². The van der Waals surface area contributed by atoms with Gasteiger partial charge in [-0.1, -0.05) is 30.3 Å². The van der Waals surface area contributed by atoms with Crippen LogP contribution in [0.15, 0.2) is 36.9 Å². The summed E-state index contributed by atoms with van der Waals surface area (Å²) < 4.78 is 5.41. The molecule has 1 aliphatic heterocycles. The number of hydrogen-bond acceptors (Lipinski definition) is 3. The number of carbonyl (C=O) groups is 1. The first kappa shape index (κ1) is 17.7. The molecule has 1 aromatic carbocycles. The lowest BCUT2D eigenvalue weighted by Crippen LogP contribution is -2.58. The normalized spacial score (nSPS) is 16.1. The minimum Gasteiger partial charge on any atom is -0.379 e. The molecule has 0 unspecified atom stereocenters. The first-order chi connectivity index (χ1) is 11.0. The molecule has 0 aromatic heterocycles. The van der Waals surface area contributed by atoms with Crippen molar-refractivity contribution in [2.75, 3.05) is 32.8 Å². The number of amides is 1. The second-order valence-electron chi connectivity index (χ2n) is 6.56. The van der Waals surface area contributed by atoms with Gasteiger partial charge in [0.15, 0.2) is 0 Å². The Morgan fingerprint density at radius 3 is 2.61 bits per heavy atom. The summed E-state index contributed by atoms with van der Waals surface area (Å²) in [6.07, 6.45) is 1.80. The minimum absolute atomic E-state index is 0.141. The highest BCUT2D eigenvalue weighted by atomic mass is 16.5. The van der Waals surface area contributed by atoms with Crippen LogP contribution in [0.25, 0.3) is 0 Å². The molecule has 23 heavy (non-hydrogen) atoms. The topological polar surface area (TPSA) is 32.8 Å². The second kappa shape index (κ2) is 7.75. The molecule has 4 heteroatoms. The third-order valence-corrected chi connectivity index (χ3v) is 4.58. The van der Waals surface area contributed by atoms with Crippen molar-refractivity contribution >= 4 is 5.91 Å². The van der Waals surface area contributed by atoms with Gasteiger partial charge >= 0.3 is 0 Å². The number of ether oxygens (including phenoxy) is 1. The Morgan fingerprint density at radius 1 is 1.35 bits per heavy atom. The van der Waals surface area contributed by atoms with E-state index in [1.165, 1.54) is 11.1 Å². The minimum atomic E-state index is -0.532. The number of rotatable bonds is 6. The van der Waals surface area contributed by atoms with Crippen molar-refractivity contribution in [1.82, 2.24) is 9.80 Å². The van der Waals surface area contributed by atoms with Crippen molar-refractivity contribution in [3.05, 3.63) is 48.0 Å². The summed E-state index contributed by atoms with van der Waals surface area (Å²) >= 11 is 0. The van der Waals surface area contributed by atoms with Crippen LogP contribution in [0.1, 0.15) is 25.0 Å². The molecule has 0 N–H and O–H groups in total. The van der Waals surface area contributed by atoms with Gasteiger partial charge in [-0.25, -0.2) is 0 Å². The van der Waals surface area contributed by atoms with E-state index in [1.807, 2.05) is 30.9 Å².